The normalized spacial score (nSPS) is 11.8. The number of benzene rings is 1. The van der Waals surface area contributed by atoms with E-state index in [1.54, 1.807) is 0 Å². The van der Waals surface area contributed by atoms with Gasteiger partial charge in [0.05, 0.1) is 11.2 Å². The van der Waals surface area contributed by atoms with Gasteiger partial charge in [0, 0.05) is 5.02 Å². The molecule has 0 amide bonds. The highest BCUT2D eigenvalue weighted by molar-refractivity contribution is 6.30. The van der Waals surface area contributed by atoms with E-state index in [1.165, 1.54) is 5.56 Å². The molecule has 0 aliphatic carbocycles. The van der Waals surface area contributed by atoms with Crippen molar-refractivity contribution >= 4 is 17.4 Å². The minimum absolute atomic E-state index is 0.254. The van der Waals surface area contributed by atoms with Crippen LogP contribution in [0.4, 0.5) is 5.82 Å². The monoisotopic (exact) mass is 317 g/mol. The van der Waals surface area contributed by atoms with Crippen LogP contribution in [0.3, 0.4) is 0 Å². The molecule has 2 rings (SSSR count). The van der Waals surface area contributed by atoms with Crippen LogP contribution in [0.2, 0.25) is 5.02 Å². The van der Waals surface area contributed by atoms with E-state index in [1.807, 2.05) is 24.3 Å². The van der Waals surface area contributed by atoms with Crippen LogP contribution >= 0.6 is 11.6 Å². The molecule has 0 fully saturated rings. The lowest BCUT2D eigenvalue weighted by atomic mass is 9.93. The second kappa shape index (κ2) is 6.25. The van der Waals surface area contributed by atoms with Crippen molar-refractivity contribution in [3.8, 4) is 0 Å². The standard InChI is InChI=1S/C18H24ClN3/c1-11(2)16-12(3)13(4)17(22-21-16)20-18(5,6)14-7-9-15(19)10-8-14/h7-11H,1-6H3,(H,20,22). The van der Waals surface area contributed by atoms with Gasteiger partial charge in [-0.05, 0) is 62.4 Å². The summed E-state index contributed by atoms with van der Waals surface area (Å²) < 4.78 is 0. The molecule has 3 nitrogen and oxygen atoms in total. The molecule has 1 aromatic carbocycles. The average molecular weight is 318 g/mol. The lowest BCUT2D eigenvalue weighted by Gasteiger charge is -2.29. The Balaban J connectivity index is 2.33. The maximum atomic E-state index is 5.97. The topological polar surface area (TPSA) is 37.8 Å². The largest absolute Gasteiger partial charge is 0.359 e. The van der Waals surface area contributed by atoms with E-state index < -0.39 is 0 Å². The van der Waals surface area contributed by atoms with E-state index in [9.17, 15) is 0 Å². The maximum absolute atomic E-state index is 5.97. The van der Waals surface area contributed by atoms with E-state index in [-0.39, 0.29) is 5.54 Å². The first-order valence-electron chi connectivity index (χ1n) is 7.60. The predicted molar refractivity (Wildman–Crippen MR) is 93.7 cm³/mol. The third-order valence-electron chi connectivity index (χ3n) is 4.10. The van der Waals surface area contributed by atoms with Gasteiger partial charge in [-0.25, -0.2) is 0 Å². The summed E-state index contributed by atoms with van der Waals surface area (Å²) in [5.74, 6) is 1.21. The molecule has 0 bridgehead atoms. The van der Waals surface area contributed by atoms with Gasteiger partial charge in [0.2, 0.25) is 0 Å². The second-order valence-corrected chi connectivity index (χ2v) is 7.03. The quantitative estimate of drug-likeness (QED) is 0.840. The molecular formula is C18H24ClN3. The Morgan fingerprint density at radius 1 is 1.00 bits per heavy atom. The van der Waals surface area contributed by atoms with Gasteiger partial charge in [0.25, 0.3) is 0 Å². The van der Waals surface area contributed by atoms with Crippen molar-refractivity contribution < 1.29 is 0 Å². The molecule has 4 heteroatoms. The Morgan fingerprint density at radius 2 is 1.59 bits per heavy atom. The van der Waals surface area contributed by atoms with Crippen LogP contribution in [0.25, 0.3) is 0 Å². The Morgan fingerprint density at radius 3 is 2.14 bits per heavy atom. The molecule has 22 heavy (non-hydrogen) atoms. The minimum Gasteiger partial charge on any atom is -0.359 e. The summed E-state index contributed by atoms with van der Waals surface area (Å²) in [5, 5.41) is 13.1. The Hall–Kier alpha value is -1.61. The van der Waals surface area contributed by atoms with E-state index in [0.29, 0.717) is 5.92 Å². The summed E-state index contributed by atoms with van der Waals surface area (Å²) in [7, 11) is 0. The van der Waals surface area contributed by atoms with Gasteiger partial charge >= 0.3 is 0 Å². The summed E-state index contributed by atoms with van der Waals surface area (Å²) in [6.07, 6.45) is 0. The number of halogens is 1. The van der Waals surface area contributed by atoms with Crippen LogP contribution in [0.15, 0.2) is 24.3 Å². The van der Waals surface area contributed by atoms with Crippen LogP contribution in [-0.4, -0.2) is 10.2 Å². The zero-order chi connectivity index (χ0) is 16.5. The highest BCUT2D eigenvalue weighted by Crippen LogP contribution is 2.29. The van der Waals surface area contributed by atoms with E-state index >= 15 is 0 Å². The highest BCUT2D eigenvalue weighted by Gasteiger charge is 2.23. The third kappa shape index (κ3) is 3.41. The van der Waals surface area contributed by atoms with Gasteiger partial charge in [-0.1, -0.05) is 37.6 Å². The Kier molecular flexibility index (Phi) is 4.76. The summed E-state index contributed by atoms with van der Waals surface area (Å²) in [6, 6.07) is 7.89. The lowest BCUT2D eigenvalue weighted by Crippen LogP contribution is -2.29. The first-order chi connectivity index (χ1) is 10.2. The average Bonchev–Trinajstić information content (AvgIpc) is 2.44. The van der Waals surface area contributed by atoms with Crippen LogP contribution in [0.1, 0.15) is 56.0 Å². The highest BCUT2D eigenvalue weighted by atomic mass is 35.5. The fraction of sp³-hybridized carbons (Fsp3) is 0.444. The molecule has 2 aromatic rings. The molecule has 1 N–H and O–H groups in total. The van der Waals surface area contributed by atoms with Crippen LogP contribution in [0, 0.1) is 13.8 Å². The van der Waals surface area contributed by atoms with Gasteiger partial charge in [-0.3, -0.25) is 0 Å². The van der Waals surface area contributed by atoms with Crippen LogP contribution < -0.4 is 5.32 Å². The van der Waals surface area contributed by atoms with E-state index in [4.69, 9.17) is 11.6 Å². The fourth-order valence-corrected chi connectivity index (χ4v) is 2.65. The summed E-state index contributed by atoms with van der Waals surface area (Å²) >= 11 is 5.97. The van der Waals surface area contributed by atoms with Crippen molar-refractivity contribution in [2.24, 2.45) is 0 Å². The van der Waals surface area contributed by atoms with Crippen molar-refractivity contribution in [2.45, 2.75) is 53.0 Å². The lowest BCUT2D eigenvalue weighted by molar-refractivity contribution is 0.601. The number of anilines is 1. The fourth-order valence-electron chi connectivity index (χ4n) is 2.53. The van der Waals surface area contributed by atoms with Crippen molar-refractivity contribution in [3.63, 3.8) is 0 Å². The van der Waals surface area contributed by atoms with Crippen molar-refractivity contribution in [1.29, 1.82) is 0 Å². The molecule has 0 spiro atoms. The molecule has 0 unspecified atom stereocenters. The third-order valence-corrected chi connectivity index (χ3v) is 4.36. The number of hydrogen-bond acceptors (Lipinski definition) is 3. The second-order valence-electron chi connectivity index (χ2n) is 6.60. The number of aromatic nitrogens is 2. The van der Waals surface area contributed by atoms with Gasteiger partial charge in [0.1, 0.15) is 0 Å². The molecule has 0 aliphatic heterocycles. The molecule has 0 radical (unpaired) electrons. The van der Waals surface area contributed by atoms with E-state index in [2.05, 4.69) is 57.1 Å². The first kappa shape index (κ1) is 16.8. The first-order valence-corrected chi connectivity index (χ1v) is 7.98. The van der Waals surface area contributed by atoms with Crippen LogP contribution in [-0.2, 0) is 5.54 Å². The number of rotatable bonds is 4. The zero-order valence-electron chi connectivity index (χ0n) is 14.2. The van der Waals surface area contributed by atoms with Crippen molar-refractivity contribution in [3.05, 3.63) is 51.7 Å². The molecule has 1 aromatic heterocycles. The zero-order valence-corrected chi connectivity index (χ0v) is 14.9. The summed E-state index contributed by atoms with van der Waals surface area (Å²) in [6.45, 7) is 12.7. The van der Waals surface area contributed by atoms with Gasteiger partial charge in [-0.2, -0.15) is 5.10 Å². The predicted octanol–water partition coefficient (Wildman–Crippen LogP) is 5.22. The number of hydrogen-bond donors (Lipinski definition) is 1. The van der Waals surface area contributed by atoms with Crippen molar-refractivity contribution in [1.82, 2.24) is 10.2 Å². The Bertz CT molecular complexity index is 661. The molecule has 0 saturated heterocycles. The van der Waals surface area contributed by atoms with Crippen molar-refractivity contribution in [2.75, 3.05) is 5.32 Å². The van der Waals surface area contributed by atoms with Gasteiger partial charge in [0.15, 0.2) is 5.82 Å². The van der Waals surface area contributed by atoms with Gasteiger partial charge < -0.3 is 5.32 Å². The number of nitrogens with one attached hydrogen (secondary N) is 1. The van der Waals surface area contributed by atoms with Crippen LogP contribution in [0.5, 0.6) is 0 Å². The maximum Gasteiger partial charge on any atom is 0.152 e. The SMILES string of the molecule is Cc1c(NC(C)(C)c2ccc(Cl)cc2)nnc(C(C)C)c1C. The molecule has 0 aliphatic rings. The van der Waals surface area contributed by atoms with Gasteiger partial charge in [-0.15, -0.1) is 5.10 Å². The molecule has 0 saturated carbocycles. The molecular weight excluding hydrogens is 294 g/mol. The minimum atomic E-state index is -0.254. The number of nitrogens with zero attached hydrogens (tertiary/aromatic N) is 2. The molecule has 0 atom stereocenters. The molecule has 118 valence electrons. The summed E-state index contributed by atoms with van der Waals surface area (Å²) in [5.41, 5.74) is 4.33. The smallest absolute Gasteiger partial charge is 0.152 e. The van der Waals surface area contributed by atoms with E-state index in [0.717, 1.165) is 27.7 Å². The Labute approximate surface area is 138 Å². The summed E-state index contributed by atoms with van der Waals surface area (Å²) in [4.78, 5) is 0. The molecule has 1 heterocycles.